The fraction of sp³-hybridized carbons (Fsp3) is 0.286. The van der Waals surface area contributed by atoms with Crippen molar-refractivity contribution in [1.29, 1.82) is 0 Å². The Kier molecular flexibility index (Phi) is 3.46. The largest absolute Gasteiger partial charge is 0.481 e. The van der Waals surface area contributed by atoms with Crippen LogP contribution in [0.5, 0.6) is 0 Å². The van der Waals surface area contributed by atoms with Crippen LogP contribution in [0.1, 0.15) is 25.3 Å². The molecule has 0 aliphatic heterocycles. The normalized spacial score (nSPS) is 12.6. The van der Waals surface area contributed by atoms with Gasteiger partial charge in [0.2, 0.25) is 0 Å². The standard InChI is InChI=1S/C14H16N2O2/c1-10(2)13(14(17)18)11-4-6-12(7-5-11)16-9-3-8-15-16/h3-10,13H,1-2H3,(H,17,18). The zero-order valence-electron chi connectivity index (χ0n) is 10.4. The monoisotopic (exact) mass is 244 g/mol. The molecule has 0 bridgehead atoms. The molecular formula is C14H16N2O2. The van der Waals surface area contributed by atoms with Gasteiger partial charge in [0.15, 0.2) is 0 Å². The molecule has 18 heavy (non-hydrogen) atoms. The highest BCUT2D eigenvalue weighted by molar-refractivity contribution is 5.76. The van der Waals surface area contributed by atoms with Crippen molar-refractivity contribution in [3.05, 3.63) is 48.3 Å². The summed E-state index contributed by atoms with van der Waals surface area (Å²) in [6.45, 7) is 3.83. The predicted molar refractivity (Wildman–Crippen MR) is 68.8 cm³/mol. The Morgan fingerprint density at radius 3 is 2.39 bits per heavy atom. The lowest BCUT2D eigenvalue weighted by Crippen LogP contribution is -2.17. The van der Waals surface area contributed by atoms with Gasteiger partial charge in [-0.2, -0.15) is 5.10 Å². The first-order chi connectivity index (χ1) is 8.59. The molecule has 1 N–H and O–H groups in total. The van der Waals surface area contributed by atoms with Crippen LogP contribution in [-0.4, -0.2) is 20.9 Å². The van der Waals surface area contributed by atoms with Gasteiger partial charge < -0.3 is 5.11 Å². The van der Waals surface area contributed by atoms with Crippen molar-refractivity contribution in [2.75, 3.05) is 0 Å². The molecule has 0 aliphatic rings. The summed E-state index contributed by atoms with van der Waals surface area (Å²) in [5.41, 5.74) is 1.75. The number of aromatic nitrogens is 2. The van der Waals surface area contributed by atoms with Crippen LogP contribution in [0.3, 0.4) is 0 Å². The molecule has 1 aromatic heterocycles. The fourth-order valence-electron chi connectivity index (χ4n) is 2.07. The maximum absolute atomic E-state index is 11.2. The lowest BCUT2D eigenvalue weighted by molar-refractivity contribution is -0.139. The average Bonchev–Trinajstić information content (AvgIpc) is 2.82. The van der Waals surface area contributed by atoms with Crippen molar-refractivity contribution in [3.8, 4) is 5.69 Å². The molecule has 0 spiro atoms. The molecule has 0 amide bonds. The summed E-state index contributed by atoms with van der Waals surface area (Å²) < 4.78 is 1.74. The third kappa shape index (κ3) is 2.42. The summed E-state index contributed by atoms with van der Waals surface area (Å²) >= 11 is 0. The van der Waals surface area contributed by atoms with Gasteiger partial charge in [-0.1, -0.05) is 26.0 Å². The van der Waals surface area contributed by atoms with Gasteiger partial charge in [0.1, 0.15) is 0 Å². The highest BCUT2D eigenvalue weighted by atomic mass is 16.4. The number of benzene rings is 1. The lowest BCUT2D eigenvalue weighted by atomic mass is 9.88. The molecule has 0 aliphatic carbocycles. The van der Waals surface area contributed by atoms with E-state index in [1.54, 1.807) is 10.9 Å². The molecule has 1 atom stereocenters. The van der Waals surface area contributed by atoms with E-state index >= 15 is 0 Å². The van der Waals surface area contributed by atoms with E-state index in [2.05, 4.69) is 5.10 Å². The van der Waals surface area contributed by atoms with E-state index in [9.17, 15) is 9.90 Å². The second kappa shape index (κ2) is 5.04. The zero-order valence-corrected chi connectivity index (χ0v) is 10.4. The lowest BCUT2D eigenvalue weighted by Gasteiger charge is -2.16. The number of hydrogen-bond donors (Lipinski definition) is 1. The van der Waals surface area contributed by atoms with Crippen molar-refractivity contribution < 1.29 is 9.90 Å². The summed E-state index contributed by atoms with van der Waals surface area (Å²) in [5, 5.41) is 13.4. The number of hydrogen-bond acceptors (Lipinski definition) is 2. The van der Waals surface area contributed by atoms with Gasteiger partial charge in [0, 0.05) is 12.4 Å². The minimum atomic E-state index is -0.781. The Morgan fingerprint density at radius 2 is 1.94 bits per heavy atom. The third-order valence-electron chi connectivity index (χ3n) is 2.95. The minimum absolute atomic E-state index is 0.0676. The summed E-state index contributed by atoms with van der Waals surface area (Å²) in [6, 6.07) is 9.34. The van der Waals surface area contributed by atoms with Crippen LogP contribution in [0.15, 0.2) is 42.7 Å². The van der Waals surface area contributed by atoms with Crippen LogP contribution >= 0.6 is 0 Å². The first-order valence-electron chi connectivity index (χ1n) is 5.92. The van der Waals surface area contributed by atoms with Gasteiger partial charge in [0.05, 0.1) is 11.6 Å². The van der Waals surface area contributed by atoms with Crippen LogP contribution in [-0.2, 0) is 4.79 Å². The number of nitrogens with zero attached hydrogens (tertiary/aromatic N) is 2. The van der Waals surface area contributed by atoms with Crippen LogP contribution in [0.2, 0.25) is 0 Å². The number of carboxylic acid groups (broad SMARTS) is 1. The predicted octanol–water partition coefficient (Wildman–Crippen LogP) is 2.70. The van der Waals surface area contributed by atoms with E-state index in [-0.39, 0.29) is 5.92 Å². The Morgan fingerprint density at radius 1 is 1.28 bits per heavy atom. The van der Waals surface area contributed by atoms with E-state index < -0.39 is 11.9 Å². The minimum Gasteiger partial charge on any atom is -0.481 e. The molecule has 0 saturated heterocycles. The number of rotatable bonds is 4. The second-order valence-corrected chi connectivity index (χ2v) is 4.60. The number of carbonyl (C=O) groups is 1. The van der Waals surface area contributed by atoms with Gasteiger partial charge in [-0.25, -0.2) is 4.68 Å². The maximum Gasteiger partial charge on any atom is 0.311 e. The number of carboxylic acids is 1. The highest BCUT2D eigenvalue weighted by Crippen LogP contribution is 2.25. The summed E-state index contributed by atoms with van der Waals surface area (Å²) in [5.74, 6) is -1.17. The number of aliphatic carboxylic acids is 1. The fourth-order valence-corrected chi connectivity index (χ4v) is 2.07. The molecule has 1 aromatic carbocycles. The molecule has 0 fully saturated rings. The summed E-state index contributed by atoms with van der Waals surface area (Å²) in [6.07, 6.45) is 3.56. The van der Waals surface area contributed by atoms with E-state index in [0.717, 1.165) is 11.3 Å². The molecule has 1 unspecified atom stereocenters. The maximum atomic E-state index is 11.2. The second-order valence-electron chi connectivity index (χ2n) is 4.60. The Bertz CT molecular complexity index is 515. The first-order valence-corrected chi connectivity index (χ1v) is 5.92. The van der Waals surface area contributed by atoms with Crippen LogP contribution < -0.4 is 0 Å². The quantitative estimate of drug-likeness (QED) is 0.899. The summed E-state index contributed by atoms with van der Waals surface area (Å²) in [7, 11) is 0. The Balaban J connectivity index is 2.29. The van der Waals surface area contributed by atoms with Gasteiger partial charge in [-0.15, -0.1) is 0 Å². The van der Waals surface area contributed by atoms with Crippen molar-refractivity contribution in [1.82, 2.24) is 9.78 Å². The van der Waals surface area contributed by atoms with Crippen LogP contribution in [0.25, 0.3) is 5.69 Å². The molecular weight excluding hydrogens is 228 g/mol. The van der Waals surface area contributed by atoms with Crippen molar-refractivity contribution in [2.24, 2.45) is 5.92 Å². The third-order valence-corrected chi connectivity index (χ3v) is 2.95. The molecule has 0 saturated carbocycles. The zero-order chi connectivity index (χ0) is 13.1. The van der Waals surface area contributed by atoms with Gasteiger partial charge in [0.25, 0.3) is 0 Å². The molecule has 0 radical (unpaired) electrons. The molecule has 1 heterocycles. The molecule has 2 aromatic rings. The van der Waals surface area contributed by atoms with Crippen molar-refractivity contribution in [3.63, 3.8) is 0 Å². The topological polar surface area (TPSA) is 55.1 Å². The van der Waals surface area contributed by atoms with Crippen LogP contribution in [0.4, 0.5) is 0 Å². The van der Waals surface area contributed by atoms with Crippen molar-refractivity contribution in [2.45, 2.75) is 19.8 Å². The van der Waals surface area contributed by atoms with Gasteiger partial charge >= 0.3 is 5.97 Å². The average molecular weight is 244 g/mol. The van der Waals surface area contributed by atoms with E-state index in [4.69, 9.17) is 0 Å². The Labute approximate surface area is 106 Å². The molecule has 4 nitrogen and oxygen atoms in total. The molecule has 4 heteroatoms. The van der Waals surface area contributed by atoms with Crippen LogP contribution in [0, 0.1) is 5.92 Å². The molecule has 2 rings (SSSR count). The highest BCUT2D eigenvalue weighted by Gasteiger charge is 2.23. The first kappa shape index (κ1) is 12.4. The van der Waals surface area contributed by atoms with Gasteiger partial charge in [-0.05, 0) is 29.7 Å². The molecule has 94 valence electrons. The SMILES string of the molecule is CC(C)C(C(=O)O)c1ccc(-n2cccn2)cc1. The van der Waals surface area contributed by atoms with Gasteiger partial charge in [-0.3, -0.25) is 4.79 Å². The van der Waals surface area contributed by atoms with E-state index in [1.807, 2.05) is 50.4 Å². The van der Waals surface area contributed by atoms with E-state index in [0.29, 0.717) is 0 Å². The Hall–Kier alpha value is -2.10. The van der Waals surface area contributed by atoms with Crippen molar-refractivity contribution >= 4 is 5.97 Å². The smallest absolute Gasteiger partial charge is 0.311 e. The summed E-state index contributed by atoms with van der Waals surface area (Å²) in [4.78, 5) is 11.2. The van der Waals surface area contributed by atoms with E-state index in [1.165, 1.54) is 0 Å².